The summed E-state index contributed by atoms with van der Waals surface area (Å²) in [6, 6.07) is 5.79. The molecule has 0 bridgehead atoms. The minimum atomic E-state index is -0.796. The first-order chi connectivity index (χ1) is 12.5. The molecular formula is C22H24O4. The van der Waals surface area contributed by atoms with Gasteiger partial charge in [-0.25, -0.2) is 0 Å². The predicted octanol–water partition coefficient (Wildman–Crippen LogP) is 4.63. The van der Waals surface area contributed by atoms with Crippen LogP contribution in [0.4, 0.5) is 0 Å². The molecule has 1 heterocycles. The molecule has 4 nitrogen and oxygen atoms in total. The van der Waals surface area contributed by atoms with E-state index in [4.69, 9.17) is 14.6 Å². The Kier molecular flexibility index (Phi) is 4.35. The topological polar surface area (TPSA) is 55.8 Å². The summed E-state index contributed by atoms with van der Waals surface area (Å²) >= 11 is 0. The van der Waals surface area contributed by atoms with Gasteiger partial charge in [0.2, 0.25) is 0 Å². The van der Waals surface area contributed by atoms with Crippen molar-refractivity contribution in [1.82, 2.24) is 0 Å². The first-order valence-corrected chi connectivity index (χ1v) is 9.26. The summed E-state index contributed by atoms with van der Waals surface area (Å²) in [5, 5.41) is 9.02. The van der Waals surface area contributed by atoms with Crippen molar-refractivity contribution in [2.75, 3.05) is 6.61 Å². The van der Waals surface area contributed by atoms with Gasteiger partial charge in [0, 0.05) is 17.5 Å². The Labute approximate surface area is 153 Å². The molecule has 0 aromatic heterocycles. The highest BCUT2D eigenvalue weighted by atomic mass is 16.5. The number of ether oxygens (including phenoxy) is 2. The van der Waals surface area contributed by atoms with Crippen molar-refractivity contribution in [3.8, 4) is 11.5 Å². The van der Waals surface area contributed by atoms with Crippen molar-refractivity contribution in [2.24, 2.45) is 5.92 Å². The Morgan fingerprint density at radius 3 is 3.04 bits per heavy atom. The van der Waals surface area contributed by atoms with Crippen LogP contribution >= 0.6 is 0 Å². The number of benzene rings is 1. The normalized spacial score (nSPS) is 26.7. The largest absolute Gasteiger partial charge is 0.492 e. The van der Waals surface area contributed by atoms with Crippen LogP contribution in [0.25, 0.3) is 0 Å². The highest BCUT2D eigenvalue weighted by Gasteiger charge is 2.29. The Bertz CT molecular complexity index is 831. The smallest absolute Gasteiger partial charge is 0.304 e. The van der Waals surface area contributed by atoms with Gasteiger partial charge in [-0.05, 0) is 42.9 Å². The minimum Gasteiger partial charge on any atom is -0.492 e. The van der Waals surface area contributed by atoms with Crippen molar-refractivity contribution >= 4 is 5.97 Å². The van der Waals surface area contributed by atoms with E-state index < -0.39 is 5.97 Å². The van der Waals surface area contributed by atoms with E-state index in [0.29, 0.717) is 12.5 Å². The molecule has 4 heteroatoms. The highest BCUT2D eigenvalue weighted by molar-refractivity contribution is 5.68. The van der Waals surface area contributed by atoms with Gasteiger partial charge in [0.1, 0.15) is 17.6 Å². The summed E-state index contributed by atoms with van der Waals surface area (Å²) in [6.45, 7) is 4.81. The Morgan fingerprint density at radius 1 is 1.38 bits per heavy atom. The first-order valence-electron chi connectivity index (χ1n) is 9.26. The summed E-state index contributed by atoms with van der Waals surface area (Å²) in [4.78, 5) is 11.0. The third kappa shape index (κ3) is 3.16. The number of carboxylic acids is 1. The molecule has 1 unspecified atom stereocenters. The number of carboxylic acid groups (broad SMARTS) is 1. The summed E-state index contributed by atoms with van der Waals surface area (Å²) in [5.41, 5.74) is 5.02. The molecule has 0 saturated heterocycles. The van der Waals surface area contributed by atoms with Crippen LogP contribution in [-0.2, 0) is 4.79 Å². The van der Waals surface area contributed by atoms with E-state index in [1.807, 2.05) is 18.2 Å². The molecule has 0 saturated carbocycles. The number of fused-ring (bicyclic) bond motifs is 1. The van der Waals surface area contributed by atoms with Gasteiger partial charge in [0.15, 0.2) is 0 Å². The molecule has 0 spiro atoms. The van der Waals surface area contributed by atoms with Crippen LogP contribution in [0.15, 0.2) is 53.1 Å². The number of hydrogen-bond donors (Lipinski definition) is 1. The number of aliphatic carboxylic acids is 1. The van der Waals surface area contributed by atoms with E-state index in [0.717, 1.165) is 29.9 Å². The Hall–Kier alpha value is -2.49. The van der Waals surface area contributed by atoms with Gasteiger partial charge < -0.3 is 14.6 Å². The van der Waals surface area contributed by atoms with E-state index in [9.17, 15) is 4.79 Å². The summed E-state index contributed by atoms with van der Waals surface area (Å²) in [7, 11) is 0. The molecule has 4 rings (SSSR count). The van der Waals surface area contributed by atoms with Crippen molar-refractivity contribution in [1.29, 1.82) is 0 Å². The van der Waals surface area contributed by atoms with E-state index in [1.54, 1.807) is 0 Å². The summed E-state index contributed by atoms with van der Waals surface area (Å²) < 4.78 is 12.0. The molecule has 0 amide bonds. The third-order valence-corrected chi connectivity index (χ3v) is 5.48. The molecular weight excluding hydrogens is 328 g/mol. The molecule has 0 radical (unpaired) electrons. The van der Waals surface area contributed by atoms with Crippen LogP contribution in [0.3, 0.4) is 0 Å². The highest BCUT2D eigenvalue weighted by Crippen LogP contribution is 2.41. The fraction of sp³-hybridized carbons (Fsp3) is 0.409. The SMILES string of the molecule is CC1=CC(C)C=CC2=C1CC[C@H]2Oc1ccc2c(c1)OC[C@H]2CC(=O)O. The maximum atomic E-state index is 11.0. The van der Waals surface area contributed by atoms with Gasteiger partial charge >= 0.3 is 5.97 Å². The lowest BCUT2D eigenvalue weighted by atomic mass is 9.98. The number of hydrogen-bond acceptors (Lipinski definition) is 3. The fourth-order valence-corrected chi connectivity index (χ4v) is 4.21. The zero-order valence-electron chi connectivity index (χ0n) is 15.2. The average Bonchev–Trinajstić information content (AvgIpc) is 3.13. The summed E-state index contributed by atoms with van der Waals surface area (Å²) in [5.74, 6) is 1.11. The van der Waals surface area contributed by atoms with Gasteiger partial charge in [-0.3, -0.25) is 4.79 Å². The predicted molar refractivity (Wildman–Crippen MR) is 99.7 cm³/mol. The van der Waals surface area contributed by atoms with Crippen LogP contribution in [0.2, 0.25) is 0 Å². The Morgan fingerprint density at radius 2 is 2.23 bits per heavy atom. The van der Waals surface area contributed by atoms with Gasteiger partial charge in [-0.15, -0.1) is 0 Å². The lowest BCUT2D eigenvalue weighted by Gasteiger charge is -2.17. The van der Waals surface area contributed by atoms with Crippen LogP contribution < -0.4 is 9.47 Å². The average molecular weight is 352 g/mol. The minimum absolute atomic E-state index is 0.0594. The van der Waals surface area contributed by atoms with E-state index in [2.05, 4.69) is 32.1 Å². The van der Waals surface area contributed by atoms with Gasteiger partial charge in [0.05, 0.1) is 13.0 Å². The number of carbonyl (C=O) groups is 1. The molecule has 3 atom stereocenters. The summed E-state index contributed by atoms with van der Waals surface area (Å²) in [6.07, 6.45) is 8.94. The number of allylic oxidation sites excluding steroid dienone is 4. The Balaban J connectivity index is 1.53. The lowest BCUT2D eigenvalue weighted by molar-refractivity contribution is -0.137. The molecule has 2 aliphatic carbocycles. The molecule has 0 fully saturated rings. The second-order valence-corrected chi connectivity index (χ2v) is 7.45. The molecule has 1 N–H and O–H groups in total. The van der Waals surface area contributed by atoms with Crippen molar-refractivity contribution in [3.05, 3.63) is 58.7 Å². The van der Waals surface area contributed by atoms with Crippen LogP contribution in [0.5, 0.6) is 11.5 Å². The maximum Gasteiger partial charge on any atom is 0.304 e. The monoisotopic (exact) mass is 352 g/mol. The molecule has 1 aromatic rings. The van der Waals surface area contributed by atoms with E-state index in [-0.39, 0.29) is 18.4 Å². The van der Waals surface area contributed by atoms with Gasteiger partial charge in [0.25, 0.3) is 0 Å². The molecule has 1 aliphatic heterocycles. The van der Waals surface area contributed by atoms with Crippen molar-refractivity contribution in [3.63, 3.8) is 0 Å². The third-order valence-electron chi connectivity index (χ3n) is 5.48. The molecule has 3 aliphatic rings. The van der Waals surface area contributed by atoms with Crippen molar-refractivity contribution in [2.45, 2.75) is 45.1 Å². The second kappa shape index (κ2) is 6.67. The van der Waals surface area contributed by atoms with Crippen LogP contribution in [0, 0.1) is 5.92 Å². The second-order valence-electron chi connectivity index (χ2n) is 7.45. The van der Waals surface area contributed by atoms with Gasteiger partial charge in [-0.1, -0.05) is 36.8 Å². The maximum absolute atomic E-state index is 11.0. The zero-order chi connectivity index (χ0) is 18.3. The lowest BCUT2D eigenvalue weighted by Crippen LogP contribution is -2.15. The van der Waals surface area contributed by atoms with Crippen molar-refractivity contribution < 1.29 is 19.4 Å². The van der Waals surface area contributed by atoms with Crippen LogP contribution in [0.1, 0.15) is 44.6 Å². The standard InChI is InChI=1S/C22H24O4/c1-13-3-5-19-17(14(2)9-13)7-8-20(19)26-16-4-6-18-15(10-22(23)24)12-25-21(18)11-16/h3-6,9,11,13,15,20H,7-8,10,12H2,1-2H3,(H,23,24)/t13?,15-,20-/m1/s1. The molecule has 1 aromatic carbocycles. The fourth-order valence-electron chi connectivity index (χ4n) is 4.21. The van der Waals surface area contributed by atoms with E-state index >= 15 is 0 Å². The first kappa shape index (κ1) is 17.0. The van der Waals surface area contributed by atoms with E-state index in [1.165, 1.54) is 16.7 Å². The zero-order valence-corrected chi connectivity index (χ0v) is 15.2. The quantitative estimate of drug-likeness (QED) is 0.858. The van der Waals surface area contributed by atoms with Crippen LogP contribution in [-0.4, -0.2) is 23.8 Å². The molecule has 26 heavy (non-hydrogen) atoms. The number of rotatable bonds is 4. The molecule has 136 valence electrons. The van der Waals surface area contributed by atoms with Gasteiger partial charge in [-0.2, -0.15) is 0 Å².